The second-order valence-electron chi connectivity index (χ2n) is 3.12. The molecular weight excluding hydrogens is 242 g/mol. The Kier molecular flexibility index (Phi) is 6.54. The first kappa shape index (κ1) is 13.4. The highest BCUT2D eigenvalue weighted by Crippen LogP contribution is 2.15. The van der Waals surface area contributed by atoms with E-state index < -0.39 is 0 Å². The summed E-state index contributed by atoms with van der Waals surface area (Å²) >= 11 is 3.38. The van der Waals surface area contributed by atoms with Gasteiger partial charge in [-0.15, -0.1) is 0 Å². The van der Waals surface area contributed by atoms with Crippen LogP contribution in [0.1, 0.15) is 34.1 Å². The summed E-state index contributed by atoms with van der Waals surface area (Å²) in [7, 11) is 0. The first-order chi connectivity index (χ1) is 6.52. The molecule has 0 amide bonds. The number of halogens is 1. The fourth-order valence-corrected chi connectivity index (χ4v) is 1.36. The van der Waals surface area contributed by atoms with E-state index in [0.717, 1.165) is 22.4 Å². The van der Waals surface area contributed by atoms with Crippen LogP contribution in [0.5, 0.6) is 0 Å². The van der Waals surface area contributed by atoms with Gasteiger partial charge in [0.15, 0.2) is 5.76 Å². The van der Waals surface area contributed by atoms with E-state index in [1.54, 1.807) is 0 Å². The number of aliphatic imine (C=N–C) groups is 1. The van der Waals surface area contributed by atoms with Crippen LogP contribution in [-0.2, 0) is 4.74 Å². The van der Waals surface area contributed by atoms with Gasteiger partial charge in [-0.2, -0.15) is 0 Å². The van der Waals surface area contributed by atoms with Crippen molar-refractivity contribution in [3.8, 4) is 0 Å². The molecule has 0 bridgehead atoms. The zero-order valence-electron chi connectivity index (χ0n) is 9.30. The molecule has 0 aromatic rings. The third kappa shape index (κ3) is 4.61. The molecule has 0 saturated carbocycles. The summed E-state index contributed by atoms with van der Waals surface area (Å²) in [6.07, 6.45) is 2.44. The third-order valence-electron chi connectivity index (χ3n) is 1.85. The lowest BCUT2D eigenvalue weighted by Gasteiger charge is -2.09. The zero-order chi connectivity index (χ0) is 11.1. The Bertz CT molecular complexity index is 252. The van der Waals surface area contributed by atoms with Gasteiger partial charge in [0.1, 0.15) is 0 Å². The Balaban J connectivity index is 4.77. The van der Waals surface area contributed by atoms with Crippen LogP contribution >= 0.6 is 15.9 Å². The van der Waals surface area contributed by atoms with Crippen molar-refractivity contribution in [3.05, 3.63) is 23.1 Å². The van der Waals surface area contributed by atoms with Gasteiger partial charge >= 0.3 is 0 Å². The third-order valence-corrected chi connectivity index (χ3v) is 2.21. The van der Waals surface area contributed by atoms with Crippen LogP contribution in [0.2, 0.25) is 0 Å². The predicted molar refractivity (Wildman–Crippen MR) is 65.8 cm³/mol. The molecule has 0 saturated heterocycles. The Morgan fingerprint density at radius 2 is 2.14 bits per heavy atom. The lowest BCUT2D eigenvalue weighted by atomic mass is 10.2. The van der Waals surface area contributed by atoms with Gasteiger partial charge in [-0.3, -0.25) is 4.99 Å². The standard InChI is InChI=1S/C11H18BrNO/c1-6-8(3)13-10(5)11(9(4)12)14-7-2/h7-8H,2,6H2,1,3-5H3/b11-9-,13-10-. The average Bonchev–Trinajstić information content (AvgIpc) is 2.13. The molecule has 0 aliphatic rings. The van der Waals surface area contributed by atoms with Crippen LogP contribution in [0.25, 0.3) is 0 Å². The molecular formula is C11H18BrNO. The summed E-state index contributed by atoms with van der Waals surface area (Å²) in [5.74, 6) is 0.750. The first-order valence-electron chi connectivity index (χ1n) is 4.71. The lowest BCUT2D eigenvalue weighted by Crippen LogP contribution is -2.06. The minimum atomic E-state index is 0.324. The molecule has 1 unspecified atom stereocenters. The van der Waals surface area contributed by atoms with Crippen molar-refractivity contribution < 1.29 is 4.74 Å². The predicted octanol–water partition coefficient (Wildman–Crippen LogP) is 4.03. The normalized spacial score (nSPS) is 15.9. The quantitative estimate of drug-likeness (QED) is 0.540. The summed E-state index contributed by atoms with van der Waals surface area (Å²) < 4.78 is 6.21. The lowest BCUT2D eigenvalue weighted by molar-refractivity contribution is 0.376. The van der Waals surface area contributed by atoms with Gasteiger partial charge in [-0.1, -0.05) is 29.4 Å². The fraction of sp³-hybridized carbons (Fsp3) is 0.545. The van der Waals surface area contributed by atoms with Crippen molar-refractivity contribution in [1.29, 1.82) is 0 Å². The highest BCUT2D eigenvalue weighted by molar-refractivity contribution is 9.11. The number of nitrogens with zero attached hydrogens (tertiary/aromatic N) is 1. The molecule has 80 valence electrons. The summed E-state index contributed by atoms with van der Waals surface area (Å²) in [6.45, 7) is 11.6. The van der Waals surface area contributed by atoms with Gasteiger partial charge in [-0.05, 0) is 27.2 Å². The maximum absolute atomic E-state index is 5.28. The summed E-state index contributed by atoms with van der Waals surface area (Å²) in [5.41, 5.74) is 0.897. The van der Waals surface area contributed by atoms with Crippen LogP contribution < -0.4 is 0 Å². The summed E-state index contributed by atoms with van der Waals surface area (Å²) in [4.78, 5) is 4.49. The topological polar surface area (TPSA) is 21.6 Å². The Morgan fingerprint density at radius 1 is 1.57 bits per heavy atom. The molecule has 0 aliphatic heterocycles. The van der Waals surface area contributed by atoms with E-state index >= 15 is 0 Å². The molecule has 14 heavy (non-hydrogen) atoms. The van der Waals surface area contributed by atoms with E-state index in [4.69, 9.17) is 4.74 Å². The maximum Gasteiger partial charge on any atom is 0.156 e. The Labute approximate surface area is 94.9 Å². The Hall–Kier alpha value is -0.570. The molecule has 0 fully saturated rings. The monoisotopic (exact) mass is 259 g/mol. The van der Waals surface area contributed by atoms with E-state index in [2.05, 4.69) is 41.3 Å². The van der Waals surface area contributed by atoms with Gasteiger partial charge in [0.05, 0.1) is 12.0 Å². The van der Waals surface area contributed by atoms with Crippen molar-refractivity contribution in [2.24, 2.45) is 4.99 Å². The van der Waals surface area contributed by atoms with Crippen LogP contribution in [0, 0.1) is 0 Å². The summed E-state index contributed by atoms with van der Waals surface area (Å²) in [6, 6.07) is 0.324. The molecule has 0 rings (SSSR count). The van der Waals surface area contributed by atoms with Gasteiger partial charge in [0.2, 0.25) is 0 Å². The van der Waals surface area contributed by atoms with Crippen molar-refractivity contribution in [1.82, 2.24) is 0 Å². The largest absolute Gasteiger partial charge is 0.463 e. The fourth-order valence-electron chi connectivity index (χ4n) is 0.980. The van der Waals surface area contributed by atoms with Gasteiger partial charge in [-0.25, -0.2) is 0 Å². The number of ether oxygens (including phenoxy) is 1. The van der Waals surface area contributed by atoms with Crippen LogP contribution in [-0.4, -0.2) is 11.8 Å². The second-order valence-corrected chi connectivity index (χ2v) is 4.31. The maximum atomic E-state index is 5.28. The number of allylic oxidation sites excluding steroid dienone is 2. The highest BCUT2D eigenvalue weighted by atomic mass is 79.9. The van der Waals surface area contributed by atoms with Crippen LogP contribution in [0.15, 0.2) is 28.1 Å². The molecule has 3 heteroatoms. The van der Waals surface area contributed by atoms with E-state index in [-0.39, 0.29) is 0 Å². The number of rotatable bonds is 5. The molecule has 2 nitrogen and oxygen atoms in total. The minimum absolute atomic E-state index is 0.324. The number of hydrogen-bond acceptors (Lipinski definition) is 2. The van der Waals surface area contributed by atoms with Crippen molar-refractivity contribution in [2.75, 3.05) is 0 Å². The summed E-state index contributed by atoms with van der Waals surface area (Å²) in [5, 5.41) is 0. The van der Waals surface area contributed by atoms with Crippen molar-refractivity contribution in [3.63, 3.8) is 0 Å². The van der Waals surface area contributed by atoms with Crippen molar-refractivity contribution >= 4 is 21.6 Å². The molecule has 0 radical (unpaired) electrons. The van der Waals surface area contributed by atoms with Crippen molar-refractivity contribution in [2.45, 2.75) is 40.2 Å². The van der Waals surface area contributed by atoms with Crippen LogP contribution in [0.4, 0.5) is 0 Å². The molecule has 1 atom stereocenters. The smallest absolute Gasteiger partial charge is 0.156 e. The van der Waals surface area contributed by atoms with E-state index in [9.17, 15) is 0 Å². The minimum Gasteiger partial charge on any atom is -0.463 e. The molecule has 0 aliphatic carbocycles. The Morgan fingerprint density at radius 3 is 2.50 bits per heavy atom. The molecule has 0 heterocycles. The SMILES string of the molecule is C=COC(/C(C)=N\C(C)CC)=C(/C)Br. The average molecular weight is 260 g/mol. The first-order valence-corrected chi connectivity index (χ1v) is 5.50. The van der Waals surface area contributed by atoms with Gasteiger partial charge in [0, 0.05) is 10.5 Å². The molecule has 0 spiro atoms. The molecule has 0 aromatic carbocycles. The van der Waals surface area contributed by atoms with E-state index in [0.29, 0.717) is 6.04 Å². The van der Waals surface area contributed by atoms with E-state index in [1.165, 1.54) is 6.26 Å². The number of hydrogen-bond donors (Lipinski definition) is 0. The van der Waals surface area contributed by atoms with Gasteiger partial charge < -0.3 is 4.74 Å². The molecule has 0 aromatic heterocycles. The van der Waals surface area contributed by atoms with E-state index in [1.807, 2.05) is 13.8 Å². The van der Waals surface area contributed by atoms with Gasteiger partial charge in [0.25, 0.3) is 0 Å². The second kappa shape index (κ2) is 6.82. The zero-order valence-corrected chi connectivity index (χ0v) is 10.9. The highest BCUT2D eigenvalue weighted by Gasteiger charge is 2.06. The van der Waals surface area contributed by atoms with Crippen LogP contribution in [0.3, 0.4) is 0 Å². The molecule has 0 N–H and O–H groups in total.